The molecule has 2 fully saturated rings. The third-order valence-electron chi connectivity index (χ3n) is 4.71. The van der Waals surface area contributed by atoms with Crippen molar-refractivity contribution in [2.45, 2.75) is 76.3 Å². The monoisotopic (exact) mass is 295 g/mol. The van der Waals surface area contributed by atoms with E-state index in [0.717, 1.165) is 4.32 Å². The molecule has 0 atom stereocenters. The normalized spacial score (nSPS) is 23.4. The Kier molecular flexibility index (Phi) is 4.10. The van der Waals surface area contributed by atoms with E-state index in [-0.39, 0.29) is 0 Å². The van der Waals surface area contributed by atoms with Crippen LogP contribution in [-0.2, 0) is 15.6 Å². The predicted molar refractivity (Wildman–Crippen MR) is 69.9 cm³/mol. The van der Waals surface area contributed by atoms with Gasteiger partial charge in [-0.05, 0) is 0 Å². The predicted octanol–water partition coefficient (Wildman–Crippen LogP) is 4.38. The van der Waals surface area contributed by atoms with Crippen LogP contribution in [0.1, 0.15) is 76.3 Å². The van der Waals surface area contributed by atoms with Crippen molar-refractivity contribution in [2.75, 3.05) is 0 Å². The molecule has 2 aliphatic carbocycles. The summed E-state index contributed by atoms with van der Waals surface area (Å²) in [7, 11) is 0. The van der Waals surface area contributed by atoms with Gasteiger partial charge in [-0.3, -0.25) is 0 Å². The zero-order valence-corrected chi connectivity index (χ0v) is 12.0. The summed E-state index contributed by atoms with van der Waals surface area (Å²) in [4.78, 5) is 0. The summed E-state index contributed by atoms with van der Waals surface area (Å²) in [6.07, 6.45) is 18.1. The van der Waals surface area contributed by atoms with Crippen LogP contribution in [0.25, 0.3) is 0 Å². The van der Waals surface area contributed by atoms with Crippen molar-refractivity contribution in [3.05, 3.63) is 16.7 Å². The van der Waals surface area contributed by atoms with E-state index in [1.54, 1.807) is 0 Å². The minimum absolute atomic E-state index is 0.672. The standard InChI is InChI=1S/C15H24N2.Cu/c1-3-7-14(8-4-1)16-11-12-17(13-16)15-9-5-2-6-10-15;/h11-12,14-15H,1-10H2;. The fraction of sp³-hybridized carbons (Fsp3) is 0.800. The number of imidazole rings is 1. The Morgan fingerprint density at radius 3 is 1.50 bits per heavy atom. The first-order valence-electron chi connectivity index (χ1n) is 7.60. The molecule has 0 bridgehead atoms. The van der Waals surface area contributed by atoms with Crippen molar-refractivity contribution >= 4 is 0 Å². The van der Waals surface area contributed by atoms with Gasteiger partial charge in [0.2, 0.25) is 0 Å². The van der Waals surface area contributed by atoms with Gasteiger partial charge in [0, 0.05) is 0 Å². The van der Waals surface area contributed by atoms with E-state index in [4.69, 9.17) is 15.6 Å². The number of hydrogen-bond acceptors (Lipinski definition) is 0. The van der Waals surface area contributed by atoms with Crippen molar-refractivity contribution in [3.8, 4) is 0 Å². The molecule has 1 aromatic rings. The van der Waals surface area contributed by atoms with Crippen LogP contribution in [0.5, 0.6) is 0 Å². The molecule has 0 saturated heterocycles. The van der Waals surface area contributed by atoms with Crippen molar-refractivity contribution < 1.29 is 15.6 Å². The van der Waals surface area contributed by atoms with Gasteiger partial charge in [0.15, 0.2) is 0 Å². The SMILES string of the molecule is [Cu]=[c]1n(C2CCCCC2)ccn1C1CCCCC1. The summed E-state index contributed by atoms with van der Waals surface area (Å²) in [5.41, 5.74) is 0. The molecule has 3 heteroatoms. The Hall–Kier alpha value is -0.271. The van der Waals surface area contributed by atoms with Gasteiger partial charge >= 0.3 is 118 Å². The zero-order chi connectivity index (χ0) is 12.4. The van der Waals surface area contributed by atoms with Gasteiger partial charge in [0.05, 0.1) is 0 Å². The van der Waals surface area contributed by atoms with Gasteiger partial charge in [-0.2, -0.15) is 0 Å². The molecule has 0 N–H and O–H groups in total. The molecular formula is C15H24CuN2. The Morgan fingerprint density at radius 2 is 1.11 bits per heavy atom. The van der Waals surface area contributed by atoms with E-state index in [1.807, 2.05) is 0 Å². The molecule has 18 heavy (non-hydrogen) atoms. The Labute approximate surface area is 118 Å². The van der Waals surface area contributed by atoms with E-state index in [0.29, 0.717) is 12.1 Å². The molecule has 2 nitrogen and oxygen atoms in total. The fourth-order valence-electron chi connectivity index (χ4n) is 3.62. The maximum atomic E-state index is 5.88. The third-order valence-corrected chi connectivity index (χ3v) is 5.20. The van der Waals surface area contributed by atoms with Crippen molar-refractivity contribution in [3.63, 3.8) is 0 Å². The molecule has 2 saturated carbocycles. The van der Waals surface area contributed by atoms with Crippen LogP contribution in [0, 0.1) is 4.32 Å². The quantitative estimate of drug-likeness (QED) is 0.717. The van der Waals surface area contributed by atoms with Crippen LogP contribution in [-0.4, -0.2) is 9.13 Å². The molecule has 3 rings (SSSR count). The Balaban J connectivity index is 1.80. The maximum absolute atomic E-state index is 5.88. The molecule has 105 valence electrons. The second-order valence-corrected chi connectivity index (χ2v) is 6.35. The molecule has 0 aromatic carbocycles. The fourth-order valence-corrected chi connectivity index (χ4v) is 4.11. The van der Waals surface area contributed by atoms with Gasteiger partial charge in [-0.25, -0.2) is 0 Å². The summed E-state index contributed by atoms with van der Waals surface area (Å²) < 4.78 is 5.79. The zero-order valence-electron chi connectivity index (χ0n) is 11.1. The first kappa shape index (κ1) is 12.7. The van der Waals surface area contributed by atoms with Gasteiger partial charge in [0.1, 0.15) is 0 Å². The summed E-state index contributed by atoms with van der Waals surface area (Å²) in [5.74, 6) is 0. The molecule has 0 spiro atoms. The molecular weight excluding hydrogens is 272 g/mol. The summed E-state index contributed by atoms with van der Waals surface area (Å²) in [6.45, 7) is 0. The van der Waals surface area contributed by atoms with E-state index in [2.05, 4.69) is 21.5 Å². The number of nitrogens with zero attached hydrogens (tertiary/aromatic N) is 2. The van der Waals surface area contributed by atoms with E-state index >= 15 is 0 Å². The molecule has 0 unspecified atom stereocenters. The van der Waals surface area contributed by atoms with Crippen molar-refractivity contribution in [2.24, 2.45) is 0 Å². The number of hydrogen-bond donors (Lipinski definition) is 0. The van der Waals surface area contributed by atoms with E-state index in [1.165, 1.54) is 64.2 Å². The van der Waals surface area contributed by atoms with Crippen LogP contribution < -0.4 is 0 Å². The number of aromatic nitrogens is 2. The van der Waals surface area contributed by atoms with Gasteiger partial charge in [-0.1, -0.05) is 0 Å². The summed E-state index contributed by atoms with van der Waals surface area (Å²) in [5, 5.41) is 0. The van der Waals surface area contributed by atoms with Crippen LogP contribution in [0.3, 0.4) is 0 Å². The van der Waals surface area contributed by atoms with Crippen LogP contribution >= 0.6 is 0 Å². The average Bonchev–Trinajstić information content (AvgIpc) is 2.83. The van der Waals surface area contributed by atoms with Crippen LogP contribution in [0.4, 0.5) is 0 Å². The molecule has 1 aromatic heterocycles. The second kappa shape index (κ2) is 5.79. The summed E-state index contributed by atoms with van der Waals surface area (Å²) in [6, 6.07) is 1.34. The van der Waals surface area contributed by atoms with E-state index in [9.17, 15) is 0 Å². The second-order valence-electron chi connectivity index (χ2n) is 5.93. The third kappa shape index (κ3) is 2.53. The van der Waals surface area contributed by atoms with Crippen LogP contribution in [0.2, 0.25) is 0 Å². The van der Waals surface area contributed by atoms with Crippen molar-refractivity contribution in [1.29, 1.82) is 0 Å². The number of rotatable bonds is 2. The molecule has 0 amide bonds. The Morgan fingerprint density at radius 1 is 0.722 bits per heavy atom. The van der Waals surface area contributed by atoms with Gasteiger partial charge in [-0.15, -0.1) is 0 Å². The first-order chi connectivity index (χ1) is 8.86. The van der Waals surface area contributed by atoms with Crippen molar-refractivity contribution in [1.82, 2.24) is 9.13 Å². The average molecular weight is 296 g/mol. The molecule has 2 aliphatic rings. The molecule has 0 radical (unpaired) electrons. The van der Waals surface area contributed by atoms with E-state index < -0.39 is 0 Å². The van der Waals surface area contributed by atoms with Gasteiger partial charge < -0.3 is 0 Å². The van der Waals surface area contributed by atoms with Crippen LogP contribution in [0.15, 0.2) is 12.4 Å². The Bertz CT molecular complexity index is 395. The topological polar surface area (TPSA) is 9.86 Å². The first-order valence-corrected chi connectivity index (χ1v) is 8.07. The minimum atomic E-state index is 0.672. The summed E-state index contributed by atoms with van der Waals surface area (Å²) >= 11 is 5.88. The molecule has 1 heterocycles. The molecule has 0 aliphatic heterocycles. The van der Waals surface area contributed by atoms with Gasteiger partial charge in [0.25, 0.3) is 0 Å².